The highest BCUT2D eigenvalue weighted by Crippen LogP contribution is 2.11. The minimum absolute atomic E-state index is 0.329. The molecule has 0 amide bonds. The number of rotatable bonds is 8. The van der Waals surface area contributed by atoms with E-state index in [1.165, 1.54) is 5.56 Å². The maximum absolute atomic E-state index is 9.19. The average Bonchev–Trinajstić information content (AvgIpc) is 2.32. The molecular formula is C14H21NOS. The van der Waals surface area contributed by atoms with Crippen molar-refractivity contribution in [2.45, 2.75) is 19.4 Å². The second kappa shape index (κ2) is 8.20. The first-order valence-corrected chi connectivity index (χ1v) is 7.07. The molecule has 1 aromatic carbocycles. The van der Waals surface area contributed by atoms with Crippen molar-refractivity contribution >= 4 is 11.8 Å². The first-order valence-electron chi connectivity index (χ1n) is 5.92. The van der Waals surface area contributed by atoms with Gasteiger partial charge in [-0.15, -0.1) is 6.58 Å². The van der Waals surface area contributed by atoms with Crippen molar-refractivity contribution in [1.82, 2.24) is 5.32 Å². The van der Waals surface area contributed by atoms with Crippen LogP contribution in [0.2, 0.25) is 0 Å². The fourth-order valence-corrected chi connectivity index (χ4v) is 2.20. The summed E-state index contributed by atoms with van der Waals surface area (Å²) in [5.74, 6) is 2.47. The average molecular weight is 251 g/mol. The van der Waals surface area contributed by atoms with Gasteiger partial charge in [-0.2, -0.15) is 11.8 Å². The van der Waals surface area contributed by atoms with E-state index in [-0.39, 0.29) is 0 Å². The van der Waals surface area contributed by atoms with Gasteiger partial charge in [0.1, 0.15) is 5.75 Å². The molecule has 0 saturated heterocycles. The molecule has 0 aliphatic rings. The van der Waals surface area contributed by atoms with E-state index >= 15 is 0 Å². The highest BCUT2D eigenvalue weighted by Gasteiger charge is 2.02. The third-order valence-electron chi connectivity index (χ3n) is 2.45. The van der Waals surface area contributed by atoms with E-state index in [1.807, 2.05) is 30.0 Å². The van der Waals surface area contributed by atoms with Crippen LogP contribution >= 0.6 is 11.8 Å². The van der Waals surface area contributed by atoms with Crippen LogP contribution in [0.3, 0.4) is 0 Å². The monoisotopic (exact) mass is 251 g/mol. The number of nitrogens with one attached hydrogen (secondary N) is 1. The smallest absolute Gasteiger partial charge is 0.115 e. The van der Waals surface area contributed by atoms with Gasteiger partial charge < -0.3 is 10.4 Å². The summed E-state index contributed by atoms with van der Waals surface area (Å²) in [7, 11) is 0. The van der Waals surface area contributed by atoms with Crippen LogP contribution in [0, 0.1) is 0 Å². The first kappa shape index (κ1) is 14.1. The second-order valence-electron chi connectivity index (χ2n) is 4.09. The third-order valence-corrected chi connectivity index (χ3v) is 3.42. The zero-order chi connectivity index (χ0) is 12.5. The third kappa shape index (κ3) is 6.39. The first-order chi connectivity index (χ1) is 8.22. The highest BCUT2D eigenvalue weighted by molar-refractivity contribution is 7.99. The summed E-state index contributed by atoms with van der Waals surface area (Å²) in [5.41, 5.74) is 1.25. The molecule has 0 radical (unpaired) electrons. The predicted molar refractivity (Wildman–Crippen MR) is 76.8 cm³/mol. The van der Waals surface area contributed by atoms with Crippen LogP contribution in [0.1, 0.15) is 12.5 Å². The van der Waals surface area contributed by atoms with E-state index < -0.39 is 0 Å². The zero-order valence-electron chi connectivity index (χ0n) is 10.4. The molecule has 94 valence electrons. The number of aromatic hydroxyl groups is 1. The van der Waals surface area contributed by atoms with Crippen LogP contribution in [0.25, 0.3) is 0 Å². The van der Waals surface area contributed by atoms with Crippen LogP contribution in [-0.4, -0.2) is 29.2 Å². The highest BCUT2D eigenvalue weighted by atomic mass is 32.2. The maximum atomic E-state index is 9.19. The van der Waals surface area contributed by atoms with E-state index in [2.05, 4.69) is 18.8 Å². The standard InChI is InChI=1S/C14H21NOS/c1-3-9-17-10-8-15-12(2)11-13-4-6-14(16)7-5-13/h3-7,12,15-16H,1,8-11H2,2H3. The fraction of sp³-hybridized carbons (Fsp3) is 0.429. The number of hydrogen-bond acceptors (Lipinski definition) is 3. The van der Waals surface area contributed by atoms with Gasteiger partial charge in [0.2, 0.25) is 0 Å². The molecule has 0 bridgehead atoms. The van der Waals surface area contributed by atoms with Crippen LogP contribution in [0.4, 0.5) is 0 Å². The summed E-state index contributed by atoms with van der Waals surface area (Å²) in [5, 5.41) is 12.7. The van der Waals surface area contributed by atoms with Gasteiger partial charge in [0, 0.05) is 24.1 Å². The predicted octanol–water partition coefficient (Wildman–Crippen LogP) is 2.83. The van der Waals surface area contributed by atoms with E-state index in [9.17, 15) is 5.11 Å². The quantitative estimate of drug-likeness (QED) is 0.550. The minimum Gasteiger partial charge on any atom is -0.508 e. The number of benzene rings is 1. The summed E-state index contributed by atoms with van der Waals surface area (Å²) < 4.78 is 0. The lowest BCUT2D eigenvalue weighted by atomic mass is 10.1. The van der Waals surface area contributed by atoms with Crippen molar-refractivity contribution in [2.75, 3.05) is 18.1 Å². The van der Waals surface area contributed by atoms with Gasteiger partial charge in [-0.05, 0) is 31.0 Å². The van der Waals surface area contributed by atoms with Gasteiger partial charge in [0.25, 0.3) is 0 Å². The van der Waals surface area contributed by atoms with Crippen molar-refractivity contribution in [3.63, 3.8) is 0 Å². The molecule has 0 heterocycles. The lowest BCUT2D eigenvalue weighted by Crippen LogP contribution is -2.30. The molecule has 0 spiro atoms. The van der Waals surface area contributed by atoms with Gasteiger partial charge in [-0.25, -0.2) is 0 Å². The summed E-state index contributed by atoms with van der Waals surface area (Å²) in [6, 6.07) is 7.88. The van der Waals surface area contributed by atoms with Crippen LogP contribution in [-0.2, 0) is 6.42 Å². The molecule has 2 nitrogen and oxygen atoms in total. The Morgan fingerprint density at radius 1 is 1.41 bits per heavy atom. The van der Waals surface area contributed by atoms with Crippen LogP contribution in [0.15, 0.2) is 36.9 Å². The van der Waals surface area contributed by atoms with E-state index in [1.54, 1.807) is 12.1 Å². The van der Waals surface area contributed by atoms with Gasteiger partial charge in [-0.3, -0.25) is 0 Å². The Hall–Kier alpha value is -0.930. The lowest BCUT2D eigenvalue weighted by Gasteiger charge is -2.13. The molecule has 17 heavy (non-hydrogen) atoms. The van der Waals surface area contributed by atoms with Crippen molar-refractivity contribution in [1.29, 1.82) is 0 Å². The second-order valence-corrected chi connectivity index (χ2v) is 5.24. The number of phenols is 1. The summed E-state index contributed by atoms with van der Waals surface area (Å²) in [6.07, 6.45) is 2.93. The molecule has 0 aliphatic carbocycles. The van der Waals surface area contributed by atoms with E-state index in [0.29, 0.717) is 11.8 Å². The van der Waals surface area contributed by atoms with Crippen LogP contribution in [0.5, 0.6) is 5.75 Å². The van der Waals surface area contributed by atoms with Crippen molar-refractivity contribution < 1.29 is 5.11 Å². The Bertz CT molecular complexity index is 323. The largest absolute Gasteiger partial charge is 0.508 e. The lowest BCUT2D eigenvalue weighted by molar-refractivity contribution is 0.474. The topological polar surface area (TPSA) is 32.3 Å². The molecule has 1 aromatic rings. The molecule has 0 saturated carbocycles. The van der Waals surface area contributed by atoms with E-state index in [0.717, 1.165) is 24.5 Å². The molecule has 3 heteroatoms. The maximum Gasteiger partial charge on any atom is 0.115 e. The Morgan fingerprint density at radius 2 is 2.12 bits per heavy atom. The van der Waals surface area contributed by atoms with Gasteiger partial charge in [-0.1, -0.05) is 18.2 Å². The molecule has 1 rings (SSSR count). The molecule has 0 aliphatic heterocycles. The Labute approximate surface area is 108 Å². The Balaban J connectivity index is 2.18. The van der Waals surface area contributed by atoms with Gasteiger partial charge >= 0.3 is 0 Å². The van der Waals surface area contributed by atoms with Gasteiger partial charge in [0.15, 0.2) is 0 Å². The van der Waals surface area contributed by atoms with Crippen LogP contribution < -0.4 is 5.32 Å². The van der Waals surface area contributed by atoms with Crippen molar-refractivity contribution in [2.24, 2.45) is 0 Å². The summed E-state index contributed by atoms with van der Waals surface area (Å²) >= 11 is 1.89. The van der Waals surface area contributed by atoms with Crippen molar-refractivity contribution in [3.05, 3.63) is 42.5 Å². The molecule has 1 unspecified atom stereocenters. The molecular weight excluding hydrogens is 230 g/mol. The fourth-order valence-electron chi connectivity index (χ4n) is 1.60. The SMILES string of the molecule is C=CCSCCNC(C)Cc1ccc(O)cc1. The molecule has 2 N–H and O–H groups in total. The normalized spacial score (nSPS) is 12.3. The minimum atomic E-state index is 0.329. The number of thioether (sulfide) groups is 1. The Kier molecular flexibility index (Phi) is 6.82. The van der Waals surface area contributed by atoms with E-state index in [4.69, 9.17) is 0 Å². The summed E-state index contributed by atoms with van der Waals surface area (Å²) in [6.45, 7) is 6.91. The number of hydrogen-bond donors (Lipinski definition) is 2. The zero-order valence-corrected chi connectivity index (χ0v) is 11.2. The molecule has 0 aromatic heterocycles. The Morgan fingerprint density at radius 3 is 2.76 bits per heavy atom. The summed E-state index contributed by atoms with van der Waals surface area (Å²) in [4.78, 5) is 0. The molecule has 0 fully saturated rings. The molecule has 1 atom stereocenters. The number of phenolic OH excluding ortho intramolecular Hbond substituents is 1. The van der Waals surface area contributed by atoms with Crippen molar-refractivity contribution in [3.8, 4) is 5.75 Å². The van der Waals surface area contributed by atoms with Gasteiger partial charge in [0.05, 0.1) is 0 Å².